The molecule has 0 heterocycles. The number of halogens is 1. The topological polar surface area (TPSA) is 0 Å². The minimum atomic E-state index is 0.859. The fourth-order valence-electron chi connectivity index (χ4n) is 1.04. The van der Waals surface area contributed by atoms with Gasteiger partial charge in [0, 0.05) is 5.02 Å². The van der Waals surface area contributed by atoms with E-state index in [9.17, 15) is 0 Å². The number of rotatable bonds is 3. The Hall–Kier alpha value is -0.750. The van der Waals surface area contributed by atoms with Crippen LogP contribution >= 0.6 is 11.6 Å². The molecule has 1 aromatic rings. The second-order valence-electron chi connectivity index (χ2n) is 2.68. The van der Waals surface area contributed by atoms with Gasteiger partial charge >= 0.3 is 0 Å². The lowest BCUT2D eigenvalue weighted by Crippen LogP contribution is -1.81. The normalized spacial score (nSPS) is 10.8. The third-order valence-corrected chi connectivity index (χ3v) is 2.07. The molecule has 12 heavy (non-hydrogen) atoms. The van der Waals surface area contributed by atoms with Crippen LogP contribution in [-0.2, 0) is 6.42 Å². The van der Waals surface area contributed by atoms with Crippen molar-refractivity contribution < 1.29 is 0 Å². The van der Waals surface area contributed by atoms with Gasteiger partial charge in [-0.05, 0) is 24.5 Å². The van der Waals surface area contributed by atoms with Gasteiger partial charge in [-0.1, -0.05) is 48.9 Å². The first-order valence-corrected chi connectivity index (χ1v) is 4.60. The van der Waals surface area contributed by atoms with E-state index in [1.54, 1.807) is 0 Å². The van der Waals surface area contributed by atoms with Crippen LogP contribution < -0.4 is 0 Å². The van der Waals surface area contributed by atoms with Crippen LogP contribution in [-0.4, -0.2) is 0 Å². The summed E-state index contributed by atoms with van der Waals surface area (Å²) >= 11 is 5.97. The van der Waals surface area contributed by atoms with Crippen molar-refractivity contribution in [2.75, 3.05) is 0 Å². The van der Waals surface area contributed by atoms with E-state index in [1.165, 1.54) is 5.56 Å². The Morgan fingerprint density at radius 2 is 2.00 bits per heavy atom. The van der Waals surface area contributed by atoms with Gasteiger partial charge in [0.1, 0.15) is 0 Å². The third-order valence-electron chi connectivity index (χ3n) is 1.70. The van der Waals surface area contributed by atoms with Crippen molar-refractivity contribution in [3.05, 3.63) is 47.0 Å². The Morgan fingerprint density at radius 1 is 1.25 bits per heavy atom. The lowest BCUT2D eigenvalue weighted by Gasteiger charge is -1.98. The van der Waals surface area contributed by atoms with Crippen molar-refractivity contribution in [3.63, 3.8) is 0 Å². The number of benzene rings is 1. The van der Waals surface area contributed by atoms with Gasteiger partial charge in [-0.15, -0.1) is 0 Å². The summed E-state index contributed by atoms with van der Waals surface area (Å²) in [7, 11) is 0. The van der Waals surface area contributed by atoms with Crippen molar-refractivity contribution in [2.24, 2.45) is 0 Å². The summed E-state index contributed by atoms with van der Waals surface area (Å²) in [6.07, 6.45) is 6.34. The van der Waals surface area contributed by atoms with Gasteiger partial charge < -0.3 is 0 Å². The highest BCUT2D eigenvalue weighted by molar-refractivity contribution is 6.31. The standard InChI is InChI=1S/C11H13Cl/c1-2-3-4-7-10-8-5-6-9-11(10)12/h3-6,8-9H,2,7H2,1H3. The summed E-state index contributed by atoms with van der Waals surface area (Å²) in [5.74, 6) is 0. The predicted molar refractivity (Wildman–Crippen MR) is 54.6 cm³/mol. The van der Waals surface area contributed by atoms with E-state index >= 15 is 0 Å². The Labute approximate surface area is 78.9 Å². The van der Waals surface area contributed by atoms with Crippen LogP contribution in [0.15, 0.2) is 36.4 Å². The first kappa shape index (κ1) is 9.34. The molecule has 0 saturated heterocycles. The zero-order chi connectivity index (χ0) is 8.81. The van der Waals surface area contributed by atoms with E-state index in [0.717, 1.165) is 17.9 Å². The molecule has 1 heteroatoms. The van der Waals surface area contributed by atoms with Crippen molar-refractivity contribution >= 4 is 11.6 Å². The van der Waals surface area contributed by atoms with E-state index in [4.69, 9.17) is 11.6 Å². The fourth-order valence-corrected chi connectivity index (χ4v) is 1.25. The van der Waals surface area contributed by atoms with Gasteiger partial charge in [0.05, 0.1) is 0 Å². The molecule has 0 unspecified atom stereocenters. The molecule has 0 aliphatic heterocycles. The van der Waals surface area contributed by atoms with Crippen LogP contribution in [0.3, 0.4) is 0 Å². The lowest BCUT2D eigenvalue weighted by molar-refractivity contribution is 1.18. The molecule has 0 fully saturated rings. The summed E-state index contributed by atoms with van der Waals surface area (Å²) in [5.41, 5.74) is 1.20. The Kier molecular flexibility index (Phi) is 3.89. The maximum absolute atomic E-state index is 5.97. The second kappa shape index (κ2) is 5.00. The molecule has 64 valence electrons. The summed E-state index contributed by atoms with van der Waals surface area (Å²) in [6, 6.07) is 7.95. The first-order valence-electron chi connectivity index (χ1n) is 4.23. The molecule has 1 rings (SSSR count). The van der Waals surface area contributed by atoms with E-state index < -0.39 is 0 Å². The first-order chi connectivity index (χ1) is 5.84. The lowest BCUT2D eigenvalue weighted by atomic mass is 10.1. The van der Waals surface area contributed by atoms with Crippen molar-refractivity contribution in [3.8, 4) is 0 Å². The Balaban J connectivity index is 2.63. The van der Waals surface area contributed by atoms with Crippen molar-refractivity contribution in [1.82, 2.24) is 0 Å². The highest BCUT2D eigenvalue weighted by Gasteiger charge is 1.93. The van der Waals surface area contributed by atoms with Gasteiger partial charge in [-0.2, -0.15) is 0 Å². The van der Waals surface area contributed by atoms with Gasteiger partial charge in [-0.3, -0.25) is 0 Å². The SMILES string of the molecule is CCC=CCc1ccccc1Cl. The van der Waals surface area contributed by atoms with Gasteiger partial charge in [0.15, 0.2) is 0 Å². The van der Waals surface area contributed by atoms with E-state index in [2.05, 4.69) is 25.1 Å². The van der Waals surface area contributed by atoms with Crippen LogP contribution in [0.25, 0.3) is 0 Å². The Bertz CT molecular complexity index is 263. The molecule has 0 aliphatic carbocycles. The van der Waals surface area contributed by atoms with Crippen LogP contribution in [0.1, 0.15) is 18.9 Å². The molecule has 0 spiro atoms. The molecule has 0 aromatic heterocycles. The van der Waals surface area contributed by atoms with E-state index in [-0.39, 0.29) is 0 Å². The Morgan fingerprint density at radius 3 is 2.67 bits per heavy atom. The minimum Gasteiger partial charge on any atom is -0.0885 e. The molecule has 0 nitrogen and oxygen atoms in total. The predicted octanol–water partition coefficient (Wildman–Crippen LogP) is 3.85. The zero-order valence-corrected chi connectivity index (χ0v) is 8.01. The molecule has 0 atom stereocenters. The molecular weight excluding hydrogens is 168 g/mol. The van der Waals surface area contributed by atoms with Crippen LogP contribution in [0.2, 0.25) is 5.02 Å². The second-order valence-corrected chi connectivity index (χ2v) is 3.08. The number of hydrogen-bond donors (Lipinski definition) is 0. The smallest absolute Gasteiger partial charge is 0.0441 e. The van der Waals surface area contributed by atoms with Gasteiger partial charge in [0.2, 0.25) is 0 Å². The van der Waals surface area contributed by atoms with Crippen molar-refractivity contribution in [1.29, 1.82) is 0 Å². The molecule has 0 N–H and O–H groups in total. The maximum Gasteiger partial charge on any atom is 0.0441 e. The minimum absolute atomic E-state index is 0.859. The number of hydrogen-bond acceptors (Lipinski definition) is 0. The van der Waals surface area contributed by atoms with Crippen LogP contribution in [0.5, 0.6) is 0 Å². The highest BCUT2D eigenvalue weighted by atomic mass is 35.5. The summed E-state index contributed by atoms with van der Waals surface area (Å²) in [5, 5.41) is 0.859. The summed E-state index contributed by atoms with van der Waals surface area (Å²) in [4.78, 5) is 0. The van der Waals surface area contributed by atoms with E-state index in [0.29, 0.717) is 0 Å². The van der Waals surface area contributed by atoms with Crippen molar-refractivity contribution in [2.45, 2.75) is 19.8 Å². The number of allylic oxidation sites excluding steroid dienone is 2. The summed E-state index contributed by atoms with van der Waals surface area (Å²) < 4.78 is 0. The monoisotopic (exact) mass is 180 g/mol. The third kappa shape index (κ3) is 2.71. The quantitative estimate of drug-likeness (QED) is 0.620. The highest BCUT2D eigenvalue weighted by Crippen LogP contribution is 2.15. The molecule has 0 bridgehead atoms. The molecule has 0 aliphatic rings. The van der Waals surface area contributed by atoms with Crippen LogP contribution in [0.4, 0.5) is 0 Å². The molecule has 0 amide bonds. The zero-order valence-electron chi connectivity index (χ0n) is 7.26. The summed E-state index contributed by atoms with van der Waals surface area (Å²) in [6.45, 7) is 2.13. The fraction of sp³-hybridized carbons (Fsp3) is 0.273. The van der Waals surface area contributed by atoms with Gasteiger partial charge in [-0.25, -0.2) is 0 Å². The average molecular weight is 181 g/mol. The van der Waals surface area contributed by atoms with Gasteiger partial charge in [0.25, 0.3) is 0 Å². The largest absolute Gasteiger partial charge is 0.0885 e. The molecule has 1 aromatic carbocycles. The average Bonchev–Trinajstić information content (AvgIpc) is 2.09. The molecular formula is C11H13Cl. The van der Waals surface area contributed by atoms with Crippen LogP contribution in [0, 0.1) is 0 Å². The van der Waals surface area contributed by atoms with E-state index in [1.807, 2.05) is 18.2 Å². The molecule has 0 saturated carbocycles. The molecule has 0 radical (unpaired) electrons. The maximum atomic E-state index is 5.97.